The summed E-state index contributed by atoms with van der Waals surface area (Å²) in [5.41, 5.74) is 0. The molecule has 2 aliphatic rings. The van der Waals surface area contributed by atoms with Gasteiger partial charge in [0.15, 0.2) is 5.82 Å². The van der Waals surface area contributed by atoms with Gasteiger partial charge >= 0.3 is 0 Å². The van der Waals surface area contributed by atoms with Crippen molar-refractivity contribution in [1.29, 1.82) is 0 Å². The van der Waals surface area contributed by atoms with E-state index in [0.29, 0.717) is 37.2 Å². The Morgan fingerprint density at radius 2 is 1.96 bits per heavy atom. The third-order valence-electron chi connectivity index (χ3n) is 4.95. The van der Waals surface area contributed by atoms with Gasteiger partial charge in [0.05, 0.1) is 12.9 Å². The number of aromatic nitrogens is 2. The maximum absolute atomic E-state index is 11.9. The summed E-state index contributed by atoms with van der Waals surface area (Å²) in [5, 5.41) is 3.99. The van der Waals surface area contributed by atoms with E-state index in [0.717, 1.165) is 25.9 Å². The van der Waals surface area contributed by atoms with Gasteiger partial charge in [0, 0.05) is 19.6 Å². The largest absolute Gasteiger partial charge is 0.381 e. The second kappa shape index (κ2) is 7.93. The van der Waals surface area contributed by atoms with Crippen LogP contribution in [0.3, 0.4) is 0 Å². The summed E-state index contributed by atoms with van der Waals surface area (Å²) >= 11 is 0. The molecule has 0 spiro atoms. The number of ether oxygens (including phenoxy) is 1. The van der Waals surface area contributed by atoms with Crippen molar-refractivity contribution in [2.75, 3.05) is 26.0 Å². The third-order valence-corrected chi connectivity index (χ3v) is 6.24. The van der Waals surface area contributed by atoms with Crippen LogP contribution in [0.4, 0.5) is 0 Å². The highest BCUT2D eigenvalue weighted by Crippen LogP contribution is 2.31. The van der Waals surface area contributed by atoms with Gasteiger partial charge < -0.3 is 9.26 Å². The van der Waals surface area contributed by atoms with E-state index < -0.39 is 10.0 Å². The number of sulfonamides is 1. The van der Waals surface area contributed by atoms with Crippen molar-refractivity contribution in [3.05, 3.63) is 11.7 Å². The first kappa shape index (κ1) is 17.8. The first-order valence-corrected chi connectivity index (χ1v) is 10.8. The molecule has 136 valence electrons. The predicted octanol–water partition coefficient (Wildman–Crippen LogP) is 2.31. The van der Waals surface area contributed by atoms with E-state index in [1.807, 2.05) is 0 Å². The van der Waals surface area contributed by atoms with Crippen molar-refractivity contribution in [1.82, 2.24) is 14.4 Å². The van der Waals surface area contributed by atoms with E-state index >= 15 is 0 Å². The summed E-state index contributed by atoms with van der Waals surface area (Å²) in [6.45, 7) is 1.91. The van der Waals surface area contributed by atoms with E-state index in [1.54, 1.807) is 0 Å². The van der Waals surface area contributed by atoms with E-state index in [-0.39, 0.29) is 6.04 Å². The van der Waals surface area contributed by atoms with E-state index in [4.69, 9.17) is 9.26 Å². The molecule has 0 aromatic carbocycles. The van der Waals surface area contributed by atoms with Crippen molar-refractivity contribution in [2.24, 2.45) is 5.92 Å². The molecule has 24 heavy (non-hydrogen) atoms. The van der Waals surface area contributed by atoms with Crippen molar-refractivity contribution in [3.8, 4) is 0 Å². The highest BCUT2D eigenvalue weighted by molar-refractivity contribution is 7.88. The molecule has 0 amide bonds. The minimum atomic E-state index is -3.26. The average molecular weight is 357 g/mol. The summed E-state index contributed by atoms with van der Waals surface area (Å²) < 4.78 is 36.4. The van der Waals surface area contributed by atoms with Crippen LogP contribution in [0.5, 0.6) is 0 Å². The standard InChI is InChI=1S/C16H27N3O4S/c1-24(20,21)19-10-5-4-8-14(19)16-17-15(18-23-16)9-11-22-12-13-6-2-3-7-13/h13-14H,2-12H2,1H3. The van der Waals surface area contributed by atoms with E-state index in [9.17, 15) is 8.42 Å². The molecule has 1 saturated heterocycles. The number of piperidine rings is 1. The zero-order chi connectivity index (χ0) is 17.0. The lowest BCUT2D eigenvalue weighted by Gasteiger charge is -2.30. The maximum atomic E-state index is 11.9. The molecule has 3 rings (SSSR count). The van der Waals surface area contributed by atoms with Gasteiger partial charge in [-0.3, -0.25) is 0 Å². The third kappa shape index (κ3) is 4.55. The van der Waals surface area contributed by atoms with Crippen LogP contribution in [0.15, 0.2) is 4.52 Å². The minimum Gasteiger partial charge on any atom is -0.381 e. The molecule has 0 N–H and O–H groups in total. The Morgan fingerprint density at radius 3 is 2.71 bits per heavy atom. The second-order valence-electron chi connectivity index (χ2n) is 6.91. The van der Waals surface area contributed by atoms with Gasteiger partial charge in [-0.1, -0.05) is 24.4 Å². The molecular weight excluding hydrogens is 330 g/mol. The van der Waals surface area contributed by atoms with Crippen LogP contribution in [0.1, 0.15) is 62.7 Å². The topological polar surface area (TPSA) is 85.5 Å². The van der Waals surface area contributed by atoms with E-state index in [1.165, 1.54) is 36.2 Å². The van der Waals surface area contributed by atoms with Gasteiger partial charge in [-0.05, 0) is 31.6 Å². The van der Waals surface area contributed by atoms with Crippen molar-refractivity contribution < 1.29 is 17.7 Å². The van der Waals surface area contributed by atoms with Gasteiger partial charge in [0.1, 0.15) is 6.04 Å². The van der Waals surface area contributed by atoms with Crippen LogP contribution < -0.4 is 0 Å². The molecule has 7 nitrogen and oxygen atoms in total. The fourth-order valence-electron chi connectivity index (χ4n) is 3.64. The van der Waals surface area contributed by atoms with Crippen LogP contribution in [0.2, 0.25) is 0 Å². The average Bonchev–Trinajstić information content (AvgIpc) is 3.22. The molecule has 1 aromatic rings. The zero-order valence-electron chi connectivity index (χ0n) is 14.3. The summed E-state index contributed by atoms with van der Waals surface area (Å²) in [6, 6.07) is -0.325. The molecule has 0 bridgehead atoms. The molecule has 1 saturated carbocycles. The quantitative estimate of drug-likeness (QED) is 0.696. The van der Waals surface area contributed by atoms with Gasteiger partial charge in [0.2, 0.25) is 15.9 Å². The molecule has 8 heteroatoms. The smallest absolute Gasteiger partial charge is 0.245 e. The lowest BCUT2D eigenvalue weighted by Crippen LogP contribution is -2.37. The first-order valence-electron chi connectivity index (χ1n) is 8.91. The summed E-state index contributed by atoms with van der Waals surface area (Å²) in [4.78, 5) is 4.40. The molecule has 2 heterocycles. The molecule has 1 aromatic heterocycles. The number of hydrogen-bond acceptors (Lipinski definition) is 6. The van der Waals surface area contributed by atoms with Crippen LogP contribution >= 0.6 is 0 Å². The Bertz CT molecular complexity index is 625. The molecule has 2 fully saturated rings. The summed E-state index contributed by atoms with van der Waals surface area (Å²) in [6.07, 6.45) is 9.60. The first-order chi connectivity index (χ1) is 11.5. The minimum absolute atomic E-state index is 0.325. The van der Waals surface area contributed by atoms with Crippen LogP contribution in [0.25, 0.3) is 0 Å². The Morgan fingerprint density at radius 1 is 1.21 bits per heavy atom. The normalized spacial score (nSPS) is 23.8. The van der Waals surface area contributed by atoms with Crippen molar-refractivity contribution in [2.45, 2.75) is 57.4 Å². The van der Waals surface area contributed by atoms with Crippen LogP contribution in [0, 0.1) is 5.92 Å². The van der Waals surface area contributed by atoms with Gasteiger partial charge in [-0.15, -0.1) is 0 Å². The Labute approximate surface area is 143 Å². The molecule has 1 atom stereocenters. The molecule has 1 unspecified atom stereocenters. The van der Waals surface area contributed by atoms with Crippen LogP contribution in [-0.2, 0) is 21.2 Å². The number of rotatable bonds is 7. The molecule has 1 aliphatic carbocycles. The van der Waals surface area contributed by atoms with Gasteiger partial charge in [-0.2, -0.15) is 9.29 Å². The fraction of sp³-hybridized carbons (Fsp3) is 0.875. The Balaban J connectivity index is 1.52. The Kier molecular flexibility index (Phi) is 5.89. The molecular formula is C16H27N3O4S. The van der Waals surface area contributed by atoms with Crippen molar-refractivity contribution in [3.63, 3.8) is 0 Å². The number of hydrogen-bond donors (Lipinski definition) is 0. The lowest BCUT2D eigenvalue weighted by atomic mass is 10.1. The monoisotopic (exact) mass is 357 g/mol. The molecule has 0 radical (unpaired) electrons. The summed E-state index contributed by atoms with van der Waals surface area (Å²) in [5.74, 6) is 1.71. The highest BCUT2D eigenvalue weighted by atomic mass is 32.2. The highest BCUT2D eigenvalue weighted by Gasteiger charge is 2.34. The number of nitrogens with zero attached hydrogens (tertiary/aromatic N) is 3. The van der Waals surface area contributed by atoms with Gasteiger partial charge in [0.25, 0.3) is 0 Å². The fourth-order valence-corrected chi connectivity index (χ4v) is 4.76. The lowest BCUT2D eigenvalue weighted by molar-refractivity contribution is 0.102. The SMILES string of the molecule is CS(=O)(=O)N1CCCCC1c1nc(CCOCC2CCCC2)no1. The second-order valence-corrected chi connectivity index (χ2v) is 8.84. The van der Waals surface area contributed by atoms with Gasteiger partial charge in [-0.25, -0.2) is 8.42 Å². The Hall–Kier alpha value is -0.990. The zero-order valence-corrected chi connectivity index (χ0v) is 15.1. The van der Waals surface area contributed by atoms with Crippen molar-refractivity contribution >= 4 is 10.0 Å². The maximum Gasteiger partial charge on any atom is 0.245 e. The predicted molar refractivity (Wildman–Crippen MR) is 88.9 cm³/mol. The van der Waals surface area contributed by atoms with E-state index in [2.05, 4.69) is 10.1 Å². The van der Waals surface area contributed by atoms with Crippen LogP contribution in [-0.4, -0.2) is 48.9 Å². The molecule has 1 aliphatic heterocycles. The summed E-state index contributed by atoms with van der Waals surface area (Å²) in [7, 11) is -3.26.